The van der Waals surface area contributed by atoms with Crippen molar-refractivity contribution in [3.63, 3.8) is 0 Å². The van der Waals surface area contributed by atoms with E-state index < -0.39 is 0 Å². The zero-order chi connectivity index (χ0) is 11.4. The summed E-state index contributed by atoms with van der Waals surface area (Å²) in [5.41, 5.74) is 1.65. The second-order valence-corrected chi connectivity index (χ2v) is 3.03. The predicted molar refractivity (Wildman–Crippen MR) is 56.9 cm³/mol. The fraction of sp³-hybridized carbons (Fsp3) is 0.0909. The van der Waals surface area contributed by atoms with Crippen LogP contribution in [0.4, 0.5) is 0 Å². The van der Waals surface area contributed by atoms with E-state index in [9.17, 15) is 4.79 Å². The summed E-state index contributed by atoms with van der Waals surface area (Å²) in [5.74, 6) is 0.785. The van der Waals surface area contributed by atoms with E-state index in [0.717, 1.165) is 21.9 Å². The molecule has 0 aliphatic carbocycles. The van der Waals surface area contributed by atoms with E-state index in [4.69, 9.17) is 4.74 Å². The Kier molecular flexibility index (Phi) is 2.86. The molecule has 1 heterocycles. The molecule has 1 aromatic carbocycles. The Bertz CT molecular complexity index is 476. The lowest BCUT2D eigenvalue weighted by molar-refractivity contribution is -0.130. The summed E-state index contributed by atoms with van der Waals surface area (Å²) in [7, 11) is 1.61. The molecule has 0 spiro atoms. The summed E-state index contributed by atoms with van der Waals surface area (Å²) in [6.45, 7) is 0.324. The summed E-state index contributed by atoms with van der Waals surface area (Å²) < 4.78 is 5.05. The van der Waals surface area contributed by atoms with Crippen LogP contribution < -0.4 is 9.57 Å². The molecule has 16 heavy (non-hydrogen) atoms. The fourth-order valence-corrected chi connectivity index (χ4v) is 1.33. The molecule has 82 valence electrons. The monoisotopic (exact) mass is 218 g/mol. The molecule has 0 N–H and O–H groups in total. The lowest BCUT2D eigenvalue weighted by Gasteiger charge is -2.00. The summed E-state index contributed by atoms with van der Waals surface area (Å²) >= 11 is 0. The molecular formula is C11H10N2O3. The van der Waals surface area contributed by atoms with Crippen molar-refractivity contribution < 1.29 is 14.4 Å². The van der Waals surface area contributed by atoms with Crippen LogP contribution >= 0.6 is 0 Å². The van der Waals surface area contributed by atoms with Crippen LogP contribution in [-0.2, 0) is 4.79 Å². The number of ether oxygens (including phenoxy) is 1. The number of hydrogen-bond donors (Lipinski definition) is 0. The van der Waals surface area contributed by atoms with Gasteiger partial charge < -0.3 is 9.57 Å². The van der Waals surface area contributed by atoms with Crippen LogP contribution in [-0.4, -0.2) is 23.5 Å². The Morgan fingerprint density at radius 2 is 2.00 bits per heavy atom. The first-order chi connectivity index (χ1) is 7.83. The topological polar surface area (TPSA) is 53.4 Å². The predicted octanol–water partition coefficient (Wildman–Crippen LogP) is 1.14. The zero-order valence-electron chi connectivity index (χ0n) is 8.66. The van der Waals surface area contributed by atoms with Gasteiger partial charge in [0.15, 0.2) is 0 Å². The molecule has 0 saturated heterocycles. The van der Waals surface area contributed by atoms with Crippen LogP contribution in [0.3, 0.4) is 0 Å². The molecule has 0 saturated carbocycles. The van der Waals surface area contributed by atoms with Crippen molar-refractivity contribution in [3.05, 3.63) is 36.5 Å². The minimum atomic E-state index is 0.324. The maximum atomic E-state index is 10.1. The molecule has 0 aliphatic rings. The number of rotatable bonds is 4. The van der Waals surface area contributed by atoms with Gasteiger partial charge in [-0.15, -0.1) is 5.10 Å². The fourth-order valence-electron chi connectivity index (χ4n) is 1.33. The average molecular weight is 218 g/mol. The molecule has 0 fully saturated rings. The van der Waals surface area contributed by atoms with Crippen LogP contribution in [0, 0.1) is 0 Å². The zero-order valence-corrected chi connectivity index (χ0v) is 8.66. The number of aromatic nitrogens is 2. The normalized spacial score (nSPS) is 9.81. The Morgan fingerprint density at radius 3 is 2.62 bits per heavy atom. The summed E-state index contributed by atoms with van der Waals surface area (Å²) in [4.78, 5) is 15.8. The highest BCUT2D eigenvalue weighted by Crippen LogP contribution is 2.20. The van der Waals surface area contributed by atoms with Gasteiger partial charge in [-0.1, -0.05) is 4.85 Å². The first-order valence-corrected chi connectivity index (χ1v) is 4.64. The van der Waals surface area contributed by atoms with Crippen molar-refractivity contribution in [3.8, 4) is 17.0 Å². The molecule has 0 atom stereocenters. The third-order valence-electron chi connectivity index (χ3n) is 2.10. The third kappa shape index (κ3) is 2.03. The molecule has 0 aliphatic heterocycles. The van der Waals surface area contributed by atoms with Gasteiger partial charge >= 0.3 is 6.47 Å². The highest BCUT2D eigenvalue weighted by Gasteiger charge is 2.02. The standard InChI is InChI=1S/C11H10N2O3/c1-15-10-4-2-9(3-5-10)11-6-7-13(12-11)16-8-14/h2-8H,1H3. The van der Waals surface area contributed by atoms with Gasteiger partial charge in [0, 0.05) is 5.56 Å². The molecule has 0 bridgehead atoms. The minimum absolute atomic E-state index is 0.324. The number of methoxy groups -OCH3 is 1. The lowest BCUT2D eigenvalue weighted by atomic mass is 10.1. The highest BCUT2D eigenvalue weighted by atomic mass is 16.7. The van der Waals surface area contributed by atoms with Crippen LogP contribution in [0.25, 0.3) is 11.3 Å². The Hall–Kier alpha value is -2.30. The van der Waals surface area contributed by atoms with E-state index in [0.29, 0.717) is 6.47 Å². The van der Waals surface area contributed by atoms with Crippen LogP contribution in [0.5, 0.6) is 5.75 Å². The van der Waals surface area contributed by atoms with Gasteiger partial charge in [0.05, 0.1) is 19.0 Å². The average Bonchev–Trinajstić information content (AvgIpc) is 2.78. The summed E-state index contributed by atoms with van der Waals surface area (Å²) in [6.07, 6.45) is 1.56. The van der Waals surface area contributed by atoms with Gasteiger partial charge in [0.1, 0.15) is 5.75 Å². The molecule has 0 radical (unpaired) electrons. The van der Waals surface area contributed by atoms with Crippen LogP contribution in [0.15, 0.2) is 36.5 Å². The van der Waals surface area contributed by atoms with Crippen molar-refractivity contribution in [1.82, 2.24) is 9.94 Å². The van der Waals surface area contributed by atoms with E-state index in [-0.39, 0.29) is 0 Å². The quantitative estimate of drug-likeness (QED) is 0.722. The van der Waals surface area contributed by atoms with Crippen molar-refractivity contribution >= 4 is 6.47 Å². The molecule has 1 aromatic heterocycles. The molecule has 0 amide bonds. The lowest BCUT2D eigenvalue weighted by Crippen LogP contribution is -2.09. The first kappa shape index (κ1) is 10.2. The summed E-state index contributed by atoms with van der Waals surface area (Å²) in [5, 5.41) is 4.05. The first-order valence-electron chi connectivity index (χ1n) is 4.64. The second kappa shape index (κ2) is 4.48. The van der Waals surface area contributed by atoms with Gasteiger partial charge in [-0.2, -0.15) is 0 Å². The Balaban J connectivity index is 2.24. The van der Waals surface area contributed by atoms with E-state index in [1.807, 2.05) is 24.3 Å². The van der Waals surface area contributed by atoms with E-state index >= 15 is 0 Å². The number of carbonyl (C=O) groups excluding carboxylic acids is 1. The van der Waals surface area contributed by atoms with Crippen LogP contribution in [0.2, 0.25) is 0 Å². The highest BCUT2D eigenvalue weighted by molar-refractivity contribution is 5.59. The second-order valence-electron chi connectivity index (χ2n) is 3.03. The molecule has 2 rings (SSSR count). The van der Waals surface area contributed by atoms with Gasteiger partial charge in [-0.25, -0.2) is 0 Å². The molecule has 5 nitrogen and oxygen atoms in total. The largest absolute Gasteiger partial charge is 0.497 e. The van der Waals surface area contributed by atoms with E-state index in [2.05, 4.69) is 9.94 Å². The van der Waals surface area contributed by atoms with Crippen molar-refractivity contribution in [2.45, 2.75) is 0 Å². The van der Waals surface area contributed by atoms with E-state index in [1.165, 1.54) is 0 Å². The summed E-state index contributed by atoms with van der Waals surface area (Å²) in [6, 6.07) is 9.20. The molecular weight excluding hydrogens is 208 g/mol. The SMILES string of the molecule is COc1ccc(-c2ccn(OC=O)n2)cc1. The smallest absolute Gasteiger partial charge is 0.323 e. The maximum Gasteiger partial charge on any atom is 0.323 e. The number of nitrogens with zero attached hydrogens (tertiary/aromatic N) is 2. The number of benzene rings is 1. The Labute approximate surface area is 92.2 Å². The number of carbonyl (C=O) groups is 1. The van der Waals surface area contributed by atoms with Gasteiger partial charge in [-0.3, -0.25) is 4.79 Å². The van der Waals surface area contributed by atoms with Crippen molar-refractivity contribution in [1.29, 1.82) is 0 Å². The van der Waals surface area contributed by atoms with E-state index in [1.54, 1.807) is 19.4 Å². The van der Waals surface area contributed by atoms with Gasteiger partial charge in [-0.05, 0) is 30.3 Å². The van der Waals surface area contributed by atoms with Gasteiger partial charge in [0.25, 0.3) is 0 Å². The molecule has 0 unspecified atom stereocenters. The maximum absolute atomic E-state index is 10.1. The van der Waals surface area contributed by atoms with Crippen LogP contribution in [0.1, 0.15) is 0 Å². The van der Waals surface area contributed by atoms with Crippen molar-refractivity contribution in [2.75, 3.05) is 7.11 Å². The van der Waals surface area contributed by atoms with Crippen molar-refractivity contribution in [2.24, 2.45) is 0 Å². The van der Waals surface area contributed by atoms with Gasteiger partial charge in [0.2, 0.25) is 0 Å². The third-order valence-corrected chi connectivity index (χ3v) is 2.10. The Morgan fingerprint density at radius 1 is 1.25 bits per heavy atom. The minimum Gasteiger partial charge on any atom is -0.497 e. The molecule has 5 heteroatoms. The number of hydrogen-bond acceptors (Lipinski definition) is 4. The molecule has 2 aromatic rings.